The molecule has 4 heterocycles. The molecular weight excluding hydrogens is 494 g/mol. The number of nitrogens with zero attached hydrogens (tertiary/aromatic N) is 4. The van der Waals surface area contributed by atoms with Crippen LogP contribution < -0.4 is 14.8 Å². The normalized spacial score (nSPS) is 15.0. The van der Waals surface area contributed by atoms with E-state index in [0.717, 1.165) is 24.1 Å². The molecule has 4 aromatic rings. The number of aryl methyl sites for hydroxylation is 1. The number of carbonyl (C=O) groups excluding carboxylic acids is 2. The lowest BCUT2D eigenvalue weighted by Gasteiger charge is -2.27. The number of hydrogen-bond acceptors (Lipinski definition) is 11. The molecule has 1 aliphatic heterocycles. The van der Waals surface area contributed by atoms with Crippen molar-refractivity contribution in [2.75, 3.05) is 12.3 Å². The molecule has 3 aromatic heterocycles. The van der Waals surface area contributed by atoms with E-state index in [1.807, 2.05) is 5.38 Å². The Morgan fingerprint density at radius 1 is 1.12 bits per heavy atom. The molecule has 0 fully saturated rings. The second kappa shape index (κ2) is 10.1. The predicted molar refractivity (Wildman–Crippen MR) is 129 cm³/mol. The van der Waals surface area contributed by atoms with E-state index in [1.54, 1.807) is 53.5 Å². The lowest BCUT2D eigenvalue weighted by Crippen LogP contribution is -2.31. The Balaban J connectivity index is 1.45. The van der Waals surface area contributed by atoms with Gasteiger partial charge in [0, 0.05) is 18.8 Å². The van der Waals surface area contributed by atoms with E-state index >= 15 is 0 Å². The van der Waals surface area contributed by atoms with Gasteiger partial charge in [0.2, 0.25) is 5.16 Å². The average Bonchev–Trinajstić information content (AvgIpc) is 3.61. The predicted octanol–water partition coefficient (Wildman–Crippen LogP) is 3.75. The highest BCUT2D eigenvalue weighted by molar-refractivity contribution is 7.99. The lowest BCUT2D eigenvalue weighted by atomic mass is 9.94. The second-order valence-corrected chi connectivity index (χ2v) is 10.3. The van der Waals surface area contributed by atoms with Crippen LogP contribution >= 0.6 is 34.4 Å². The number of ether oxygens (including phenoxy) is 2. The highest BCUT2D eigenvalue weighted by atomic mass is 32.2. The molecule has 0 bridgehead atoms. The molecule has 1 N–H and O–H groups in total. The summed E-state index contributed by atoms with van der Waals surface area (Å²) in [6.45, 7) is 0.766. The number of tetrazole rings is 1. The molecule has 0 saturated heterocycles. The summed E-state index contributed by atoms with van der Waals surface area (Å²) < 4.78 is 13.0. The monoisotopic (exact) mass is 513 g/mol. The largest absolute Gasteiger partial charge is 0.418 e. The molecule has 1 unspecified atom stereocenters. The van der Waals surface area contributed by atoms with Crippen LogP contribution in [0.15, 0.2) is 52.3 Å². The van der Waals surface area contributed by atoms with Gasteiger partial charge in [0.1, 0.15) is 9.75 Å². The zero-order valence-corrected chi connectivity index (χ0v) is 20.4. The number of esters is 2. The Morgan fingerprint density at radius 2 is 1.79 bits per heavy atom. The topological polar surface area (TPSA) is 108 Å². The van der Waals surface area contributed by atoms with Crippen molar-refractivity contribution in [3.8, 4) is 11.5 Å². The van der Waals surface area contributed by atoms with Crippen LogP contribution in [-0.4, -0.2) is 44.4 Å². The number of thiophene rings is 2. The van der Waals surface area contributed by atoms with Crippen LogP contribution in [0.3, 0.4) is 0 Å². The first-order chi connectivity index (χ1) is 16.6. The molecular formula is C22H19N5O4S3. The zero-order valence-electron chi connectivity index (χ0n) is 18.0. The minimum absolute atomic E-state index is 0.0216. The minimum Gasteiger partial charge on any atom is -0.418 e. The van der Waals surface area contributed by atoms with E-state index in [-0.39, 0.29) is 17.5 Å². The molecule has 0 aliphatic carbocycles. The Morgan fingerprint density at radius 3 is 2.38 bits per heavy atom. The number of hydrogen-bond donors (Lipinski definition) is 1. The minimum atomic E-state index is -0.497. The van der Waals surface area contributed by atoms with Crippen molar-refractivity contribution in [2.45, 2.75) is 17.6 Å². The van der Waals surface area contributed by atoms with Crippen molar-refractivity contribution in [3.05, 3.63) is 68.0 Å². The van der Waals surface area contributed by atoms with Gasteiger partial charge in [-0.15, -0.1) is 27.8 Å². The molecule has 34 heavy (non-hydrogen) atoms. The first-order valence-corrected chi connectivity index (χ1v) is 13.1. The van der Waals surface area contributed by atoms with Crippen molar-refractivity contribution in [3.63, 3.8) is 0 Å². The van der Waals surface area contributed by atoms with Crippen molar-refractivity contribution in [1.82, 2.24) is 25.5 Å². The Kier molecular flexibility index (Phi) is 6.72. The standard InChI is InChI=1S/C22H19N5O4S3/c1-27-22(24-25-26-27)34-12-15-14-11-17(31-21(29)19-5-3-9-33-19)16(10-13(14)6-7-23-15)30-20(28)18-4-2-8-32-18/h2-5,8-11,15,23H,6-7,12H2,1H3. The molecule has 0 saturated carbocycles. The quantitative estimate of drug-likeness (QED) is 0.224. The number of aromatic nitrogens is 4. The zero-order chi connectivity index (χ0) is 23.5. The fourth-order valence-corrected chi connectivity index (χ4v) is 5.68. The van der Waals surface area contributed by atoms with Crippen LogP contribution in [0.1, 0.15) is 36.5 Å². The number of benzene rings is 1. The number of rotatable bonds is 7. The van der Waals surface area contributed by atoms with Gasteiger partial charge >= 0.3 is 11.9 Å². The average molecular weight is 514 g/mol. The Hall–Kier alpha value is -3.06. The number of fused-ring (bicyclic) bond motifs is 1. The number of thioether (sulfide) groups is 1. The van der Waals surface area contributed by atoms with E-state index in [9.17, 15) is 9.59 Å². The summed E-state index contributed by atoms with van der Waals surface area (Å²) in [5.41, 5.74) is 2.02. The molecule has 0 amide bonds. The highest BCUT2D eigenvalue weighted by Gasteiger charge is 2.26. The first kappa shape index (κ1) is 22.7. The fraction of sp³-hybridized carbons (Fsp3) is 0.227. The molecule has 12 heteroatoms. The van der Waals surface area contributed by atoms with Gasteiger partial charge in [-0.05, 0) is 69.5 Å². The van der Waals surface area contributed by atoms with Gasteiger partial charge in [-0.3, -0.25) is 0 Å². The summed E-state index contributed by atoms with van der Waals surface area (Å²) in [5.74, 6) is 0.129. The van der Waals surface area contributed by atoms with E-state index in [2.05, 4.69) is 20.8 Å². The van der Waals surface area contributed by atoms with E-state index < -0.39 is 11.9 Å². The Labute approximate surface area is 207 Å². The van der Waals surface area contributed by atoms with Crippen LogP contribution in [0.5, 0.6) is 11.5 Å². The van der Waals surface area contributed by atoms with Gasteiger partial charge in [-0.25, -0.2) is 14.3 Å². The van der Waals surface area contributed by atoms with Gasteiger partial charge < -0.3 is 14.8 Å². The maximum Gasteiger partial charge on any atom is 0.353 e. The summed E-state index contributed by atoms with van der Waals surface area (Å²) in [7, 11) is 1.79. The smallest absolute Gasteiger partial charge is 0.353 e. The van der Waals surface area contributed by atoms with Crippen LogP contribution in [0, 0.1) is 0 Å². The van der Waals surface area contributed by atoms with Crippen molar-refractivity contribution < 1.29 is 19.1 Å². The van der Waals surface area contributed by atoms with Crippen LogP contribution in [-0.2, 0) is 13.5 Å². The van der Waals surface area contributed by atoms with Crippen molar-refractivity contribution in [2.24, 2.45) is 7.05 Å². The molecule has 1 aromatic carbocycles. The molecule has 9 nitrogen and oxygen atoms in total. The van der Waals surface area contributed by atoms with Crippen LogP contribution in [0.25, 0.3) is 0 Å². The molecule has 5 rings (SSSR count). The second-order valence-electron chi connectivity index (χ2n) is 7.38. The summed E-state index contributed by atoms with van der Waals surface area (Å²) in [6.07, 6.45) is 0.755. The first-order valence-electron chi connectivity index (χ1n) is 10.3. The van der Waals surface area contributed by atoms with Gasteiger partial charge in [-0.1, -0.05) is 23.9 Å². The van der Waals surface area contributed by atoms with E-state index in [0.29, 0.717) is 20.7 Å². The molecule has 0 spiro atoms. The fourth-order valence-electron chi connectivity index (χ4n) is 3.55. The van der Waals surface area contributed by atoms with Crippen molar-refractivity contribution in [1.29, 1.82) is 0 Å². The number of carbonyl (C=O) groups is 2. The third-order valence-electron chi connectivity index (χ3n) is 5.18. The third-order valence-corrected chi connectivity index (χ3v) is 7.98. The summed E-state index contributed by atoms with van der Waals surface area (Å²) in [4.78, 5) is 26.3. The van der Waals surface area contributed by atoms with Gasteiger partial charge in [0.15, 0.2) is 11.5 Å². The maximum atomic E-state index is 12.7. The molecule has 1 atom stereocenters. The summed E-state index contributed by atoms with van der Waals surface area (Å²) >= 11 is 4.11. The van der Waals surface area contributed by atoms with Gasteiger partial charge in [0.05, 0.1) is 0 Å². The summed E-state index contributed by atoms with van der Waals surface area (Å²) in [6, 6.07) is 10.5. The molecule has 1 aliphatic rings. The number of nitrogens with one attached hydrogen (secondary N) is 1. The van der Waals surface area contributed by atoms with Crippen LogP contribution in [0.4, 0.5) is 0 Å². The maximum absolute atomic E-state index is 12.7. The van der Waals surface area contributed by atoms with Gasteiger partial charge in [0.25, 0.3) is 0 Å². The molecule has 174 valence electrons. The lowest BCUT2D eigenvalue weighted by molar-refractivity contribution is 0.0687. The summed E-state index contributed by atoms with van der Waals surface area (Å²) in [5, 5.41) is 19.4. The molecule has 0 radical (unpaired) electrons. The SMILES string of the molecule is Cn1nnnc1SCC1NCCc2cc(OC(=O)c3cccs3)c(OC(=O)c3cccs3)cc21. The van der Waals surface area contributed by atoms with Crippen molar-refractivity contribution >= 4 is 46.4 Å². The van der Waals surface area contributed by atoms with E-state index in [4.69, 9.17) is 9.47 Å². The third kappa shape index (κ3) is 4.89. The van der Waals surface area contributed by atoms with Gasteiger partial charge in [-0.2, -0.15) is 0 Å². The highest BCUT2D eigenvalue weighted by Crippen LogP contribution is 2.38. The van der Waals surface area contributed by atoms with E-state index in [1.165, 1.54) is 34.4 Å². The Bertz CT molecular complexity index is 1300. The van der Waals surface area contributed by atoms with Crippen LogP contribution in [0.2, 0.25) is 0 Å².